The van der Waals surface area contributed by atoms with Crippen LogP contribution in [0.3, 0.4) is 0 Å². The van der Waals surface area contributed by atoms with Gasteiger partial charge >= 0.3 is 0 Å². The lowest BCUT2D eigenvalue weighted by molar-refractivity contribution is 1.24. The molecule has 0 atom stereocenters. The molecule has 14 heavy (non-hydrogen) atoms. The van der Waals surface area contributed by atoms with Crippen molar-refractivity contribution in [2.24, 2.45) is 0 Å². The number of aryl methyl sites for hydroxylation is 1. The van der Waals surface area contributed by atoms with E-state index in [1.54, 1.807) is 17.7 Å². The summed E-state index contributed by atoms with van der Waals surface area (Å²) < 4.78 is 1.32. The lowest BCUT2D eigenvalue weighted by Crippen LogP contribution is -1.74. The van der Waals surface area contributed by atoms with Gasteiger partial charge in [0, 0.05) is 21.7 Å². The molecule has 2 heterocycles. The molecule has 2 nitrogen and oxygen atoms in total. The van der Waals surface area contributed by atoms with Crippen LogP contribution < -0.4 is 0 Å². The van der Waals surface area contributed by atoms with Gasteiger partial charge in [-0.25, -0.2) is 9.97 Å². The predicted molar refractivity (Wildman–Crippen MR) is 59.7 cm³/mol. The number of benzene rings is 1. The molecule has 0 amide bonds. The highest BCUT2D eigenvalue weighted by molar-refractivity contribution is 7.25. The van der Waals surface area contributed by atoms with Crippen LogP contribution in [-0.2, 0) is 0 Å². The van der Waals surface area contributed by atoms with Crippen LogP contribution in [-0.4, -0.2) is 9.97 Å². The average molecular weight is 200 g/mol. The van der Waals surface area contributed by atoms with Gasteiger partial charge in [0.15, 0.2) is 0 Å². The summed E-state index contributed by atoms with van der Waals surface area (Å²) in [5.74, 6) is 0. The molecule has 0 bridgehead atoms. The molecular formula is C11H8N2S. The molecule has 0 spiro atoms. The van der Waals surface area contributed by atoms with Crippen LogP contribution in [0.2, 0.25) is 0 Å². The van der Waals surface area contributed by atoms with E-state index >= 15 is 0 Å². The Morgan fingerprint density at radius 3 is 3.07 bits per heavy atom. The summed E-state index contributed by atoms with van der Waals surface area (Å²) in [6, 6.07) is 6.34. The maximum atomic E-state index is 4.27. The van der Waals surface area contributed by atoms with Gasteiger partial charge in [0.1, 0.15) is 11.2 Å². The largest absolute Gasteiger partial charge is 0.244 e. The standard InChI is InChI=1S/C11H8N2S/c1-7-3-2-4-8-9-5-12-6-13-11(9)14-10(7)8/h2-6H,1H3. The number of hydrogen-bond donors (Lipinski definition) is 0. The van der Waals surface area contributed by atoms with Crippen LogP contribution in [0.4, 0.5) is 0 Å². The molecule has 3 rings (SSSR count). The minimum absolute atomic E-state index is 1.07. The van der Waals surface area contributed by atoms with E-state index in [4.69, 9.17) is 0 Å². The summed E-state index contributed by atoms with van der Waals surface area (Å²) in [6.45, 7) is 2.13. The van der Waals surface area contributed by atoms with Crippen molar-refractivity contribution in [2.45, 2.75) is 6.92 Å². The fraction of sp³-hybridized carbons (Fsp3) is 0.0909. The minimum Gasteiger partial charge on any atom is -0.244 e. The second kappa shape index (κ2) is 2.75. The van der Waals surface area contributed by atoms with Crippen molar-refractivity contribution >= 4 is 31.6 Å². The van der Waals surface area contributed by atoms with Crippen LogP contribution in [0.1, 0.15) is 5.56 Å². The Labute approximate surface area is 85.2 Å². The topological polar surface area (TPSA) is 25.8 Å². The first-order valence-electron chi connectivity index (χ1n) is 4.44. The Bertz CT molecular complexity index is 613. The Balaban J connectivity index is 2.63. The van der Waals surface area contributed by atoms with Crippen molar-refractivity contribution in [3.63, 3.8) is 0 Å². The second-order valence-corrected chi connectivity index (χ2v) is 4.29. The SMILES string of the molecule is Cc1cccc2c1sc1ncncc12. The van der Waals surface area contributed by atoms with E-state index in [9.17, 15) is 0 Å². The monoisotopic (exact) mass is 200 g/mol. The number of fused-ring (bicyclic) bond motifs is 3. The Morgan fingerprint density at radius 2 is 2.14 bits per heavy atom. The maximum Gasteiger partial charge on any atom is 0.127 e. The molecule has 0 aliphatic rings. The smallest absolute Gasteiger partial charge is 0.127 e. The van der Waals surface area contributed by atoms with Gasteiger partial charge in [-0.2, -0.15) is 0 Å². The van der Waals surface area contributed by atoms with Gasteiger partial charge in [-0.05, 0) is 12.5 Å². The van der Waals surface area contributed by atoms with E-state index in [0.29, 0.717) is 0 Å². The first-order valence-corrected chi connectivity index (χ1v) is 5.26. The van der Waals surface area contributed by atoms with Crippen LogP contribution in [0.25, 0.3) is 20.3 Å². The molecule has 0 radical (unpaired) electrons. The Morgan fingerprint density at radius 1 is 1.21 bits per heavy atom. The van der Waals surface area contributed by atoms with E-state index in [1.165, 1.54) is 15.6 Å². The molecule has 0 fully saturated rings. The third-order valence-electron chi connectivity index (χ3n) is 2.38. The molecule has 68 valence electrons. The quantitative estimate of drug-likeness (QED) is 0.557. The molecule has 0 saturated heterocycles. The van der Waals surface area contributed by atoms with Crippen molar-refractivity contribution < 1.29 is 0 Å². The van der Waals surface area contributed by atoms with E-state index in [2.05, 4.69) is 35.1 Å². The number of rotatable bonds is 0. The van der Waals surface area contributed by atoms with Gasteiger partial charge in [-0.15, -0.1) is 11.3 Å². The molecule has 1 aromatic carbocycles. The van der Waals surface area contributed by atoms with Crippen molar-refractivity contribution in [1.82, 2.24) is 9.97 Å². The second-order valence-electron chi connectivity index (χ2n) is 3.30. The summed E-state index contributed by atoms with van der Waals surface area (Å²) in [5.41, 5.74) is 1.31. The fourth-order valence-electron chi connectivity index (χ4n) is 1.68. The molecule has 0 N–H and O–H groups in total. The summed E-state index contributed by atoms with van der Waals surface area (Å²) in [5, 5.41) is 2.43. The first kappa shape index (κ1) is 7.88. The van der Waals surface area contributed by atoms with Crippen molar-refractivity contribution in [1.29, 1.82) is 0 Å². The summed E-state index contributed by atoms with van der Waals surface area (Å²) in [7, 11) is 0. The summed E-state index contributed by atoms with van der Waals surface area (Å²) >= 11 is 1.74. The zero-order chi connectivity index (χ0) is 9.54. The van der Waals surface area contributed by atoms with Crippen LogP contribution in [0.5, 0.6) is 0 Å². The lowest BCUT2D eigenvalue weighted by Gasteiger charge is -1.92. The third-order valence-corrected chi connectivity index (χ3v) is 3.64. The van der Waals surface area contributed by atoms with Gasteiger partial charge in [-0.3, -0.25) is 0 Å². The zero-order valence-corrected chi connectivity index (χ0v) is 8.51. The number of thiophene rings is 1. The van der Waals surface area contributed by atoms with Crippen molar-refractivity contribution in [3.8, 4) is 0 Å². The molecule has 3 heteroatoms. The molecule has 2 aromatic heterocycles. The van der Waals surface area contributed by atoms with Gasteiger partial charge in [0.25, 0.3) is 0 Å². The minimum atomic E-state index is 1.07. The molecule has 0 unspecified atom stereocenters. The highest BCUT2D eigenvalue weighted by Gasteiger charge is 2.06. The van der Waals surface area contributed by atoms with Crippen molar-refractivity contribution in [2.75, 3.05) is 0 Å². The summed E-state index contributed by atoms with van der Waals surface area (Å²) in [6.07, 6.45) is 3.49. The van der Waals surface area contributed by atoms with E-state index in [1.807, 2.05) is 6.20 Å². The zero-order valence-electron chi connectivity index (χ0n) is 7.69. The molecule has 0 aliphatic heterocycles. The highest BCUT2D eigenvalue weighted by atomic mass is 32.1. The van der Waals surface area contributed by atoms with Crippen LogP contribution >= 0.6 is 11.3 Å². The Hall–Kier alpha value is -1.48. The Kier molecular flexibility index (Phi) is 1.55. The van der Waals surface area contributed by atoms with E-state index in [0.717, 1.165) is 10.2 Å². The fourth-order valence-corrected chi connectivity index (χ4v) is 2.76. The first-order chi connectivity index (χ1) is 6.86. The normalized spacial score (nSPS) is 11.2. The highest BCUT2D eigenvalue weighted by Crippen LogP contribution is 2.33. The average Bonchev–Trinajstić information content (AvgIpc) is 2.59. The molecule has 3 aromatic rings. The van der Waals surface area contributed by atoms with Crippen LogP contribution in [0, 0.1) is 6.92 Å². The molecule has 0 saturated carbocycles. The van der Waals surface area contributed by atoms with Crippen molar-refractivity contribution in [3.05, 3.63) is 36.3 Å². The number of hydrogen-bond acceptors (Lipinski definition) is 3. The summed E-state index contributed by atoms with van der Waals surface area (Å²) in [4.78, 5) is 9.40. The number of nitrogens with zero attached hydrogens (tertiary/aromatic N) is 2. The molecule has 0 aliphatic carbocycles. The van der Waals surface area contributed by atoms with Gasteiger partial charge in [0.2, 0.25) is 0 Å². The van der Waals surface area contributed by atoms with E-state index < -0.39 is 0 Å². The molecular weight excluding hydrogens is 192 g/mol. The van der Waals surface area contributed by atoms with Gasteiger partial charge in [0.05, 0.1) is 0 Å². The third kappa shape index (κ3) is 0.960. The predicted octanol–water partition coefficient (Wildman–Crippen LogP) is 3.15. The van der Waals surface area contributed by atoms with E-state index in [-0.39, 0.29) is 0 Å². The maximum absolute atomic E-state index is 4.27. The lowest BCUT2D eigenvalue weighted by atomic mass is 10.1. The van der Waals surface area contributed by atoms with Crippen LogP contribution in [0.15, 0.2) is 30.7 Å². The van der Waals surface area contributed by atoms with Gasteiger partial charge < -0.3 is 0 Å². The number of aromatic nitrogens is 2. The van der Waals surface area contributed by atoms with Gasteiger partial charge in [-0.1, -0.05) is 18.2 Å².